The molecular weight excluding hydrogens is 303 g/mol. The van der Waals surface area contributed by atoms with E-state index < -0.39 is 17.2 Å². The van der Waals surface area contributed by atoms with Gasteiger partial charge in [-0.2, -0.15) is 13.2 Å². The molecule has 0 aliphatic rings. The van der Waals surface area contributed by atoms with Crippen LogP contribution < -0.4 is 0 Å². The van der Waals surface area contributed by atoms with Crippen molar-refractivity contribution in [3.8, 4) is 0 Å². The number of aromatic nitrogens is 1. The lowest BCUT2D eigenvalue weighted by Crippen LogP contribution is -2.26. The molecule has 0 radical (unpaired) electrons. The highest BCUT2D eigenvalue weighted by atomic mass is 32.2. The third-order valence-electron chi connectivity index (χ3n) is 2.49. The molecule has 1 aromatic carbocycles. The number of fused-ring (bicyclic) bond motifs is 1. The molecular formula is C14H14F3NO2S. The van der Waals surface area contributed by atoms with Gasteiger partial charge in [0.25, 0.3) is 0 Å². The summed E-state index contributed by atoms with van der Waals surface area (Å²) in [6, 6.07) is 5.79. The van der Waals surface area contributed by atoms with Crippen LogP contribution in [0.15, 0.2) is 35.4 Å². The summed E-state index contributed by atoms with van der Waals surface area (Å²) >= 11 is -0.182. The molecule has 0 bridgehead atoms. The molecule has 0 spiro atoms. The van der Waals surface area contributed by atoms with Crippen molar-refractivity contribution in [3.63, 3.8) is 0 Å². The quantitative estimate of drug-likeness (QED) is 0.691. The molecule has 2 aromatic rings. The second-order valence-electron chi connectivity index (χ2n) is 5.43. The fraction of sp³-hybridized carbons (Fsp3) is 0.357. The lowest BCUT2D eigenvalue weighted by Gasteiger charge is -2.19. The summed E-state index contributed by atoms with van der Waals surface area (Å²) in [6.07, 6.45) is 0.926. The maximum Gasteiger partial charge on any atom is 0.446 e. The summed E-state index contributed by atoms with van der Waals surface area (Å²) < 4.78 is 43.6. The third kappa shape index (κ3) is 4.17. The smallest absolute Gasteiger partial charge is 0.443 e. The summed E-state index contributed by atoms with van der Waals surface area (Å²) in [5, 5.41) is 0.551. The van der Waals surface area contributed by atoms with E-state index in [0.717, 1.165) is 0 Å². The van der Waals surface area contributed by atoms with Crippen LogP contribution in [-0.4, -0.2) is 21.8 Å². The van der Waals surface area contributed by atoms with Gasteiger partial charge in [-0.05, 0) is 56.8 Å². The highest BCUT2D eigenvalue weighted by Gasteiger charge is 2.29. The fourth-order valence-corrected chi connectivity index (χ4v) is 2.38. The molecule has 1 heterocycles. The van der Waals surface area contributed by atoms with Gasteiger partial charge < -0.3 is 4.74 Å². The Balaban J connectivity index is 2.31. The van der Waals surface area contributed by atoms with Gasteiger partial charge in [0, 0.05) is 16.5 Å². The first-order valence-electron chi connectivity index (χ1n) is 6.15. The van der Waals surface area contributed by atoms with Gasteiger partial charge in [0.05, 0.1) is 5.52 Å². The second-order valence-corrected chi connectivity index (χ2v) is 6.57. The van der Waals surface area contributed by atoms with E-state index in [2.05, 4.69) is 0 Å². The lowest BCUT2D eigenvalue weighted by molar-refractivity contribution is -0.0328. The van der Waals surface area contributed by atoms with Gasteiger partial charge >= 0.3 is 11.6 Å². The molecule has 2 rings (SSSR count). The van der Waals surface area contributed by atoms with E-state index in [4.69, 9.17) is 4.74 Å². The Morgan fingerprint density at radius 3 is 2.43 bits per heavy atom. The molecule has 7 heteroatoms. The van der Waals surface area contributed by atoms with E-state index in [1.54, 1.807) is 26.8 Å². The van der Waals surface area contributed by atoms with Crippen molar-refractivity contribution < 1.29 is 22.7 Å². The Morgan fingerprint density at radius 1 is 1.19 bits per heavy atom. The van der Waals surface area contributed by atoms with Crippen LogP contribution in [-0.2, 0) is 4.74 Å². The number of benzene rings is 1. The van der Waals surface area contributed by atoms with Gasteiger partial charge in [-0.15, -0.1) is 0 Å². The SMILES string of the molecule is CC(C)(C)OC(=O)n1ccc2cc(SC(F)(F)F)ccc21. The zero-order chi connectivity index (χ0) is 15.8. The Bertz CT molecular complexity index is 671. The Hall–Kier alpha value is -1.63. The minimum Gasteiger partial charge on any atom is -0.443 e. The van der Waals surface area contributed by atoms with Crippen molar-refractivity contribution in [2.24, 2.45) is 0 Å². The Labute approximate surface area is 124 Å². The first kappa shape index (κ1) is 15.8. The first-order chi connectivity index (χ1) is 9.55. The standard InChI is InChI=1S/C14H14F3NO2S/c1-13(2,3)20-12(19)18-7-6-9-8-10(4-5-11(9)18)21-14(15,16)17/h4-8H,1-3H3. The monoisotopic (exact) mass is 317 g/mol. The molecule has 21 heavy (non-hydrogen) atoms. The molecule has 0 atom stereocenters. The number of rotatable bonds is 1. The van der Waals surface area contributed by atoms with Crippen LogP contribution in [0.5, 0.6) is 0 Å². The number of alkyl halides is 3. The number of carbonyl (C=O) groups excluding carboxylic acids is 1. The van der Waals surface area contributed by atoms with Crippen molar-refractivity contribution >= 4 is 28.8 Å². The molecule has 0 N–H and O–H groups in total. The van der Waals surface area contributed by atoms with Gasteiger partial charge in [0.2, 0.25) is 0 Å². The van der Waals surface area contributed by atoms with E-state index in [9.17, 15) is 18.0 Å². The molecule has 0 aliphatic heterocycles. The van der Waals surface area contributed by atoms with Crippen molar-refractivity contribution in [2.75, 3.05) is 0 Å². The molecule has 3 nitrogen and oxygen atoms in total. The third-order valence-corrected chi connectivity index (χ3v) is 3.21. The van der Waals surface area contributed by atoms with Gasteiger partial charge in [-0.25, -0.2) is 4.79 Å². The average molecular weight is 317 g/mol. The number of hydrogen-bond donors (Lipinski definition) is 0. The van der Waals surface area contributed by atoms with Gasteiger partial charge in [-0.3, -0.25) is 4.57 Å². The predicted molar refractivity (Wildman–Crippen MR) is 75.5 cm³/mol. The number of halogens is 3. The van der Waals surface area contributed by atoms with Crippen LogP contribution in [0.25, 0.3) is 10.9 Å². The molecule has 0 amide bonds. The summed E-state index contributed by atoms with van der Waals surface area (Å²) in [7, 11) is 0. The van der Waals surface area contributed by atoms with Crippen LogP contribution in [0.4, 0.5) is 18.0 Å². The molecule has 0 fully saturated rings. The second kappa shape index (κ2) is 5.29. The fourth-order valence-electron chi connectivity index (χ4n) is 1.79. The lowest BCUT2D eigenvalue weighted by atomic mass is 10.2. The Morgan fingerprint density at radius 2 is 1.86 bits per heavy atom. The van der Waals surface area contributed by atoms with E-state index in [0.29, 0.717) is 10.9 Å². The van der Waals surface area contributed by atoms with Gasteiger partial charge in [0.15, 0.2) is 0 Å². The summed E-state index contributed by atoms with van der Waals surface area (Å²) in [4.78, 5) is 12.1. The molecule has 114 valence electrons. The van der Waals surface area contributed by atoms with E-state index >= 15 is 0 Å². The molecule has 1 aromatic heterocycles. The highest BCUT2D eigenvalue weighted by Crippen LogP contribution is 2.38. The number of ether oxygens (including phenoxy) is 1. The van der Waals surface area contributed by atoms with Crippen molar-refractivity contribution in [1.82, 2.24) is 4.57 Å². The van der Waals surface area contributed by atoms with Crippen LogP contribution in [0.2, 0.25) is 0 Å². The summed E-state index contributed by atoms with van der Waals surface area (Å²) in [6.45, 7) is 5.23. The van der Waals surface area contributed by atoms with Crippen molar-refractivity contribution in [2.45, 2.75) is 36.8 Å². The van der Waals surface area contributed by atoms with Crippen LogP contribution in [0, 0.1) is 0 Å². The molecule has 0 saturated carbocycles. The van der Waals surface area contributed by atoms with Crippen LogP contribution in [0.3, 0.4) is 0 Å². The number of thioether (sulfide) groups is 1. The van der Waals surface area contributed by atoms with Crippen molar-refractivity contribution in [1.29, 1.82) is 0 Å². The normalized spacial score (nSPS) is 12.7. The largest absolute Gasteiger partial charge is 0.446 e. The molecule has 0 saturated heterocycles. The van der Waals surface area contributed by atoms with Crippen molar-refractivity contribution in [3.05, 3.63) is 30.5 Å². The van der Waals surface area contributed by atoms with Gasteiger partial charge in [-0.1, -0.05) is 0 Å². The minimum atomic E-state index is -4.33. The molecule has 0 aliphatic carbocycles. The number of carbonyl (C=O) groups is 1. The zero-order valence-electron chi connectivity index (χ0n) is 11.7. The summed E-state index contributed by atoms with van der Waals surface area (Å²) in [5.41, 5.74) is -4.46. The van der Waals surface area contributed by atoms with E-state index in [1.807, 2.05) is 0 Å². The zero-order valence-corrected chi connectivity index (χ0v) is 12.5. The first-order valence-corrected chi connectivity index (χ1v) is 6.97. The van der Waals surface area contributed by atoms with Gasteiger partial charge in [0.1, 0.15) is 5.60 Å². The predicted octanol–water partition coefficient (Wildman–Crippen LogP) is 5.04. The topological polar surface area (TPSA) is 31.2 Å². The maximum absolute atomic E-state index is 12.3. The minimum absolute atomic E-state index is 0.0805. The van der Waals surface area contributed by atoms with E-state index in [1.165, 1.54) is 29.0 Å². The van der Waals surface area contributed by atoms with E-state index in [-0.39, 0.29) is 16.7 Å². The molecule has 0 unspecified atom stereocenters. The summed E-state index contributed by atoms with van der Waals surface area (Å²) in [5.74, 6) is 0. The number of nitrogens with zero attached hydrogens (tertiary/aromatic N) is 1. The highest BCUT2D eigenvalue weighted by molar-refractivity contribution is 8.00. The van der Waals surface area contributed by atoms with Crippen LogP contribution >= 0.6 is 11.8 Å². The Kier molecular flexibility index (Phi) is 3.97. The maximum atomic E-state index is 12.3. The number of hydrogen-bond acceptors (Lipinski definition) is 3. The average Bonchev–Trinajstić information content (AvgIpc) is 2.67. The van der Waals surface area contributed by atoms with Crippen LogP contribution in [0.1, 0.15) is 20.8 Å².